The summed E-state index contributed by atoms with van der Waals surface area (Å²) in [6, 6.07) is 9.47. The fourth-order valence-electron chi connectivity index (χ4n) is 4.07. The summed E-state index contributed by atoms with van der Waals surface area (Å²) in [5.41, 5.74) is 0.248. The number of anilines is 2. The van der Waals surface area contributed by atoms with Crippen molar-refractivity contribution in [2.24, 2.45) is 4.99 Å². The molecule has 172 valence electrons. The van der Waals surface area contributed by atoms with Gasteiger partial charge in [-0.15, -0.1) is 0 Å². The predicted octanol–water partition coefficient (Wildman–Crippen LogP) is 2.89. The first-order valence-electron chi connectivity index (χ1n) is 10.5. The minimum atomic E-state index is -4.65. The van der Waals surface area contributed by atoms with Crippen molar-refractivity contribution in [2.45, 2.75) is 12.2 Å². The zero-order chi connectivity index (χ0) is 23.0. The number of morpholine rings is 1. The third kappa shape index (κ3) is 4.36. The van der Waals surface area contributed by atoms with E-state index < -0.39 is 23.5 Å². The van der Waals surface area contributed by atoms with Crippen molar-refractivity contribution in [3.8, 4) is 0 Å². The SMILES string of the molecule is O=c1cc(C2CN=C(Nc3ccc(N4CCOCC4)cc3)c3nccn32)cc(C(F)(F)F)[nH]1. The van der Waals surface area contributed by atoms with Crippen LogP contribution < -0.4 is 15.8 Å². The van der Waals surface area contributed by atoms with Gasteiger partial charge in [-0.1, -0.05) is 0 Å². The Morgan fingerprint density at radius 2 is 1.88 bits per heavy atom. The first-order valence-corrected chi connectivity index (χ1v) is 10.5. The van der Waals surface area contributed by atoms with Gasteiger partial charge in [-0.25, -0.2) is 4.98 Å². The highest BCUT2D eigenvalue weighted by Gasteiger charge is 2.34. The van der Waals surface area contributed by atoms with Crippen LogP contribution in [0.25, 0.3) is 0 Å². The van der Waals surface area contributed by atoms with Crippen LogP contribution in [0.3, 0.4) is 0 Å². The number of H-pyrrole nitrogens is 1. The van der Waals surface area contributed by atoms with Gasteiger partial charge in [-0.05, 0) is 35.9 Å². The lowest BCUT2D eigenvalue weighted by atomic mass is 10.1. The van der Waals surface area contributed by atoms with Crippen molar-refractivity contribution in [2.75, 3.05) is 43.1 Å². The maximum atomic E-state index is 13.2. The van der Waals surface area contributed by atoms with E-state index in [4.69, 9.17) is 4.74 Å². The Hall–Kier alpha value is -3.60. The van der Waals surface area contributed by atoms with Gasteiger partial charge in [0.15, 0.2) is 11.7 Å². The summed E-state index contributed by atoms with van der Waals surface area (Å²) in [6.07, 6.45) is -1.42. The Morgan fingerprint density at radius 1 is 1.12 bits per heavy atom. The van der Waals surface area contributed by atoms with E-state index >= 15 is 0 Å². The molecule has 1 fully saturated rings. The van der Waals surface area contributed by atoms with E-state index in [0.717, 1.165) is 30.5 Å². The molecule has 0 amide bonds. The predicted molar refractivity (Wildman–Crippen MR) is 117 cm³/mol. The van der Waals surface area contributed by atoms with Crippen molar-refractivity contribution in [1.82, 2.24) is 14.5 Å². The third-order valence-corrected chi connectivity index (χ3v) is 5.70. The lowest BCUT2D eigenvalue weighted by Gasteiger charge is -2.29. The van der Waals surface area contributed by atoms with Gasteiger partial charge in [-0.3, -0.25) is 9.79 Å². The summed E-state index contributed by atoms with van der Waals surface area (Å²) >= 11 is 0. The molecule has 33 heavy (non-hydrogen) atoms. The average molecular weight is 458 g/mol. The first-order chi connectivity index (χ1) is 15.9. The number of fused-ring (bicyclic) bond motifs is 1. The number of imidazole rings is 1. The largest absolute Gasteiger partial charge is 0.431 e. The van der Waals surface area contributed by atoms with Crippen LogP contribution in [0.1, 0.15) is 23.1 Å². The van der Waals surface area contributed by atoms with E-state index in [-0.39, 0.29) is 12.1 Å². The molecule has 2 N–H and O–H groups in total. The quantitative estimate of drug-likeness (QED) is 0.630. The molecule has 11 heteroatoms. The Kier molecular flexibility index (Phi) is 5.41. The zero-order valence-electron chi connectivity index (χ0n) is 17.5. The maximum Gasteiger partial charge on any atom is 0.431 e. The van der Waals surface area contributed by atoms with Gasteiger partial charge < -0.3 is 24.5 Å². The van der Waals surface area contributed by atoms with Gasteiger partial charge in [0.1, 0.15) is 5.69 Å². The Morgan fingerprint density at radius 3 is 2.61 bits per heavy atom. The molecule has 0 bridgehead atoms. The van der Waals surface area contributed by atoms with Gasteiger partial charge in [0.05, 0.1) is 25.8 Å². The molecule has 3 aromatic rings. The highest BCUT2D eigenvalue weighted by molar-refractivity contribution is 6.06. The van der Waals surface area contributed by atoms with Crippen molar-refractivity contribution in [3.63, 3.8) is 0 Å². The zero-order valence-corrected chi connectivity index (χ0v) is 17.5. The van der Waals surface area contributed by atoms with E-state index in [2.05, 4.69) is 20.2 Å². The third-order valence-electron chi connectivity index (χ3n) is 5.70. The highest BCUT2D eigenvalue weighted by atomic mass is 19.4. The lowest BCUT2D eigenvalue weighted by Crippen LogP contribution is -2.36. The fourth-order valence-corrected chi connectivity index (χ4v) is 4.07. The number of alkyl halides is 3. The van der Waals surface area contributed by atoms with Gasteiger partial charge in [0.2, 0.25) is 5.56 Å². The molecule has 8 nitrogen and oxygen atoms in total. The normalized spacial score (nSPS) is 18.6. The van der Waals surface area contributed by atoms with Gasteiger partial charge in [-0.2, -0.15) is 13.2 Å². The number of hydrogen-bond donors (Lipinski definition) is 2. The number of aromatic nitrogens is 3. The molecule has 0 spiro atoms. The molecule has 1 saturated heterocycles. The molecule has 1 atom stereocenters. The summed E-state index contributed by atoms with van der Waals surface area (Å²) in [7, 11) is 0. The fraction of sp³-hybridized carbons (Fsp3) is 0.318. The van der Waals surface area contributed by atoms with Crippen molar-refractivity contribution in [3.05, 3.63) is 76.2 Å². The molecule has 4 heterocycles. The van der Waals surface area contributed by atoms with Crippen LogP contribution in [-0.4, -0.2) is 53.2 Å². The van der Waals surface area contributed by atoms with Crippen LogP contribution in [0.15, 0.2) is 58.6 Å². The molecule has 2 aliphatic rings. The van der Waals surface area contributed by atoms with Crippen LogP contribution in [0.5, 0.6) is 0 Å². The first kappa shape index (κ1) is 21.3. The van der Waals surface area contributed by atoms with E-state index in [9.17, 15) is 18.0 Å². The van der Waals surface area contributed by atoms with Crippen LogP contribution in [0.4, 0.5) is 24.5 Å². The van der Waals surface area contributed by atoms with Crippen LogP contribution >= 0.6 is 0 Å². The smallest absolute Gasteiger partial charge is 0.378 e. The number of nitrogens with zero attached hydrogens (tertiary/aromatic N) is 4. The lowest BCUT2D eigenvalue weighted by molar-refractivity contribution is -0.141. The number of halogens is 3. The van der Waals surface area contributed by atoms with Gasteiger partial charge in [0.25, 0.3) is 0 Å². The number of amidine groups is 1. The average Bonchev–Trinajstić information content (AvgIpc) is 3.30. The number of hydrogen-bond acceptors (Lipinski definition) is 6. The van der Waals surface area contributed by atoms with Crippen LogP contribution in [0.2, 0.25) is 0 Å². The van der Waals surface area contributed by atoms with Crippen LogP contribution in [-0.2, 0) is 10.9 Å². The molecule has 5 rings (SSSR count). The molecule has 1 aromatic carbocycles. The summed E-state index contributed by atoms with van der Waals surface area (Å²) < 4.78 is 46.6. The second-order valence-corrected chi connectivity index (χ2v) is 7.82. The molecular formula is C22H21F3N6O2. The maximum absolute atomic E-state index is 13.2. The Balaban J connectivity index is 1.38. The summed E-state index contributed by atoms with van der Waals surface area (Å²) in [5, 5.41) is 3.25. The summed E-state index contributed by atoms with van der Waals surface area (Å²) in [5.74, 6) is 0.994. The molecular weight excluding hydrogens is 437 g/mol. The second kappa shape index (κ2) is 8.39. The number of rotatable bonds is 3. The van der Waals surface area contributed by atoms with Crippen molar-refractivity contribution in [1.29, 1.82) is 0 Å². The number of nitrogens with one attached hydrogen (secondary N) is 2. The second-order valence-electron chi connectivity index (χ2n) is 7.82. The monoisotopic (exact) mass is 458 g/mol. The number of benzene rings is 1. The van der Waals surface area contributed by atoms with Gasteiger partial charge in [0, 0.05) is 42.9 Å². The van der Waals surface area contributed by atoms with E-state index in [1.807, 2.05) is 29.2 Å². The molecule has 0 aliphatic carbocycles. The van der Waals surface area contributed by atoms with Crippen molar-refractivity contribution >= 4 is 17.2 Å². The standard InChI is InChI=1S/C22H21F3N6O2/c23-22(24,25)18-11-14(12-19(32)29-18)17-13-27-20(21-26-5-6-31(17)21)28-15-1-3-16(4-2-15)30-7-9-33-10-8-30/h1-6,11-12,17H,7-10,13H2,(H,27,28)(H,29,32). The summed E-state index contributed by atoms with van der Waals surface area (Å²) in [6.45, 7) is 3.27. The minimum Gasteiger partial charge on any atom is -0.378 e. The number of aromatic amines is 1. The molecule has 2 aromatic heterocycles. The number of aliphatic imine (C=N–C) groups is 1. The van der Waals surface area contributed by atoms with E-state index in [0.29, 0.717) is 24.9 Å². The summed E-state index contributed by atoms with van der Waals surface area (Å²) in [4.78, 5) is 24.8. The van der Waals surface area contributed by atoms with Crippen molar-refractivity contribution < 1.29 is 17.9 Å². The highest BCUT2D eigenvalue weighted by Crippen LogP contribution is 2.31. The Labute approximate surface area is 186 Å². The van der Waals surface area contributed by atoms with E-state index in [1.54, 1.807) is 17.0 Å². The molecule has 0 radical (unpaired) electrons. The Bertz CT molecular complexity index is 1230. The topological polar surface area (TPSA) is 87.5 Å². The number of pyridine rings is 1. The minimum absolute atomic E-state index is 0.165. The van der Waals surface area contributed by atoms with E-state index in [1.165, 1.54) is 6.07 Å². The van der Waals surface area contributed by atoms with Gasteiger partial charge >= 0.3 is 6.18 Å². The molecule has 2 aliphatic heterocycles. The van der Waals surface area contributed by atoms with Crippen LogP contribution in [0, 0.1) is 0 Å². The molecule has 1 unspecified atom stereocenters. The molecule has 0 saturated carbocycles. The number of ether oxygens (including phenoxy) is 1.